The first kappa shape index (κ1) is 25.1. The van der Waals surface area contributed by atoms with E-state index in [1.807, 2.05) is 36.5 Å². The molecule has 5 heteroatoms. The van der Waals surface area contributed by atoms with E-state index in [0.717, 1.165) is 27.8 Å². The lowest BCUT2D eigenvalue weighted by atomic mass is 10.0. The number of aromatic amines is 1. The zero-order valence-electron chi connectivity index (χ0n) is 21.1. The van der Waals surface area contributed by atoms with Crippen LogP contribution in [0.25, 0.3) is 22.2 Å². The second kappa shape index (κ2) is 12.1. The van der Waals surface area contributed by atoms with Crippen molar-refractivity contribution in [3.8, 4) is 11.1 Å². The van der Waals surface area contributed by atoms with E-state index < -0.39 is 7.92 Å². The molecule has 2 aromatic heterocycles. The predicted molar refractivity (Wildman–Crippen MR) is 161 cm³/mol. The van der Waals surface area contributed by atoms with Crippen LogP contribution in [-0.2, 0) is 4.79 Å². The quantitative estimate of drug-likeness (QED) is 0.254. The van der Waals surface area contributed by atoms with Crippen LogP contribution in [0.1, 0.15) is 6.92 Å². The summed E-state index contributed by atoms with van der Waals surface area (Å²) in [6, 6.07) is 44.1. The molecule has 0 saturated heterocycles. The van der Waals surface area contributed by atoms with Gasteiger partial charge in [0.1, 0.15) is 5.65 Å². The molecular formula is C33H28N3OP. The number of nitrogens with zero attached hydrogens (tertiary/aromatic N) is 1. The van der Waals surface area contributed by atoms with Crippen LogP contribution in [0.2, 0.25) is 0 Å². The summed E-state index contributed by atoms with van der Waals surface area (Å²) in [6.45, 7) is 1.50. The highest BCUT2D eigenvalue weighted by atomic mass is 31.1. The molecule has 0 aliphatic carbocycles. The number of anilines is 1. The first-order chi connectivity index (χ1) is 18.7. The first-order valence-electron chi connectivity index (χ1n) is 12.4. The largest absolute Gasteiger partial charge is 0.346 e. The standard InChI is InChI=1S/C18H15P.C15H13N3O/c1-4-10-16(11-5-1)19(17-12-6-2-7-13-17)18-14-8-3-9-15-18;1-10(19)18-14-5-3-2-4-13(14)12-8-11-6-7-16-15(11)17-9-12/h1-15H;2-9H,1H3,(H,16,17)(H,18,19). The minimum Gasteiger partial charge on any atom is -0.346 e. The molecule has 0 saturated carbocycles. The maximum absolute atomic E-state index is 11.2. The van der Waals surface area contributed by atoms with Crippen molar-refractivity contribution in [2.75, 3.05) is 5.32 Å². The van der Waals surface area contributed by atoms with Gasteiger partial charge < -0.3 is 10.3 Å². The lowest BCUT2D eigenvalue weighted by Crippen LogP contribution is -2.20. The predicted octanol–water partition coefficient (Wildman–Crippen LogP) is 6.63. The molecule has 4 aromatic carbocycles. The summed E-state index contributed by atoms with van der Waals surface area (Å²) in [7, 11) is -0.446. The normalized spacial score (nSPS) is 10.6. The topological polar surface area (TPSA) is 57.8 Å². The summed E-state index contributed by atoms with van der Waals surface area (Å²) in [5.41, 5.74) is 3.61. The fourth-order valence-corrected chi connectivity index (χ4v) is 6.60. The summed E-state index contributed by atoms with van der Waals surface area (Å²) < 4.78 is 0. The number of carbonyl (C=O) groups is 1. The number of amides is 1. The van der Waals surface area contributed by atoms with Gasteiger partial charge in [0, 0.05) is 41.5 Å². The van der Waals surface area contributed by atoms with Crippen LogP contribution in [-0.4, -0.2) is 15.9 Å². The molecule has 0 fully saturated rings. The van der Waals surface area contributed by atoms with E-state index in [-0.39, 0.29) is 5.91 Å². The maximum Gasteiger partial charge on any atom is 0.221 e. The molecule has 6 aromatic rings. The van der Waals surface area contributed by atoms with Gasteiger partial charge in [-0.25, -0.2) is 4.98 Å². The highest BCUT2D eigenvalue weighted by molar-refractivity contribution is 7.79. The molecule has 2 heterocycles. The number of rotatable bonds is 5. The number of carbonyl (C=O) groups excluding carboxylic acids is 1. The van der Waals surface area contributed by atoms with Gasteiger partial charge in [-0.3, -0.25) is 4.79 Å². The zero-order valence-corrected chi connectivity index (χ0v) is 22.0. The van der Waals surface area contributed by atoms with Gasteiger partial charge in [-0.2, -0.15) is 0 Å². The van der Waals surface area contributed by atoms with Gasteiger partial charge in [-0.15, -0.1) is 0 Å². The average Bonchev–Trinajstić information content (AvgIpc) is 3.44. The number of para-hydroxylation sites is 1. The van der Waals surface area contributed by atoms with Crippen molar-refractivity contribution in [2.45, 2.75) is 6.92 Å². The zero-order chi connectivity index (χ0) is 26.2. The number of H-pyrrole nitrogens is 1. The first-order valence-corrected chi connectivity index (χ1v) is 13.8. The van der Waals surface area contributed by atoms with E-state index in [0.29, 0.717) is 0 Å². The van der Waals surface area contributed by atoms with Crippen LogP contribution in [0.15, 0.2) is 140 Å². The fourth-order valence-electron chi connectivity index (χ4n) is 4.30. The van der Waals surface area contributed by atoms with Crippen molar-refractivity contribution >= 4 is 46.5 Å². The maximum atomic E-state index is 11.2. The van der Waals surface area contributed by atoms with Gasteiger partial charge in [0.15, 0.2) is 0 Å². The molecule has 0 aliphatic heterocycles. The van der Waals surface area contributed by atoms with Crippen molar-refractivity contribution < 1.29 is 4.79 Å². The Bertz CT molecular complexity index is 1520. The van der Waals surface area contributed by atoms with E-state index in [1.54, 1.807) is 6.20 Å². The average molecular weight is 514 g/mol. The van der Waals surface area contributed by atoms with Gasteiger partial charge in [-0.1, -0.05) is 109 Å². The number of aromatic nitrogens is 2. The molecule has 0 bridgehead atoms. The van der Waals surface area contributed by atoms with Gasteiger partial charge in [0.05, 0.1) is 0 Å². The van der Waals surface area contributed by atoms with Gasteiger partial charge in [-0.05, 0) is 42.0 Å². The smallest absolute Gasteiger partial charge is 0.221 e. The molecule has 0 aliphatic rings. The van der Waals surface area contributed by atoms with Crippen LogP contribution >= 0.6 is 7.92 Å². The molecule has 186 valence electrons. The van der Waals surface area contributed by atoms with Gasteiger partial charge >= 0.3 is 0 Å². The van der Waals surface area contributed by atoms with Crippen LogP contribution in [0, 0.1) is 0 Å². The molecule has 1 amide bonds. The van der Waals surface area contributed by atoms with E-state index >= 15 is 0 Å². The summed E-state index contributed by atoms with van der Waals surface area (Å²) in [4.78, 5) is 18.7. The van der Waals surface area contributed by atoms with E-state index in [4.69, 9.17) is 0 Å². The number of fused-ring (bicyclic) bond motifs is 1. The molecule has 0 radical (unpaired) electrons. The van der Waals surface area contributed by atoms with Crippen molar-refractivity contribution in [3.63, 3.8) is 0 Å². The Hall–Kier alpha value is -4.53. The Labute approximate surface area is 224 Å². The third-order valence-corrected chi connectivity index (χ3v) is 8.44. The molecule has 0 atom stereocenters. The Morgan fingerprint density at radius 1 is 0.711 bits per heavy atom. The Morgan fingerprint density at radius 3 is 1.79 bits per heavy atom. The molecule has 6 rings (SSSR count). The summed E-state index contributed by atoms with van der Waals surface area (Å²) in [6.07, 6.45) is 3.67. The summed E-state index contributed by atoms with van der Waals surface area (Å²) >= 11 is 0. The van der Waals surface area contributed by atoms with Crippen LogP contribution in [0.5, 0.6) is 0 Å². The number of hydrogen-bond donors (Lipinski definition) is 2. The number of hydrogen-bond acceptors (Lipinski definition) is 2. The molecular weight excluding hydrogens is 485 g/mol. The molecule has 0 unspecified atom stereocenters. The second-order valence-corrected chi connectivity index (χ2v) is 10.9. The van der Waals surface area contributed by atoms with Crippen LogP contribution in [0.4, 0.5) is 5.69 Å². The number of pyridine rings is 1. The SMILES string of the molecule is CC(=O)Nc1ccccc1-c1cnc2[nH]ccc2c1.c1ccc(P(c2ccccc2)c2ccccc2)cc1. The molecule has 2 N–H and O–H groups in total. The van der Waals surface area contributed by atoms with Crippen LogP contribution in [0.3, 0.4) is 0 Å². The number of benzene rings is 4. The van der Waals surface area contributed by atoms with Crippen molar-refractivity contribution in [1.29, 1.82) is 0 Å². The molecule has 0 spiro atoms. The Morgan fingerprint density at radius 2 is 1.24 bits per heavy atom. The van der Waals surface area contributed by atoms with Crippen molar-refractivity contribution in [2.24, 2.45) is 0 Å². The highest BCUT2D eigenvalue weighted by Gasteiger charge is 2.15. The monoisotopic (exact) mass is 513 g/mol. The molecule has 4 nitrogen and oxygen atoms in total. The molecule has 38 heavy (non-hydrogen) atoms. The van der Waals surface area contributed by atoms with E-state index in [9.17, 15) is 4.79 Å². The Kier molecular flexibility index (Phi) is 8.03. The Balaban J connectivity index is 0.000000155. The van der Waals surface area contributed by atoms with Crippen molar-refractivity contribution in [1.82, 2.24) is 9.97 Å². The summed E-state index contributed by atoms with van der Waals surface area (Å²) in [5.74, 6) is -0.0804. The second-order valence-electron chi connectivity index (χ2n) is 8.71. The third kappa shape index (κ3) is 6.05. The minimum atomic E-state index is -0.446. The minimum absolute atomic E-state index is 0.0804. The van der Waals surface area contributed by atoms with Gasteiger partial charge in [0.25, 0.3) is 0 Å². The van der Waals surface area contributed by atoms with Crippen molar-refractivity contribution in [3.05, 3.63) is 140 Å². The fraction of sp³-hybridized carbons (Fsp3) is 0.0303. The lowest BCUT2D eigenvalue weighted by Gasteiger charge is -2.18. The third-order valence-electron chi connectivity index (χ3n) is 5.99. The summed E-state index contributed by atoms with van der Waals surface area (Å²) in [5, 5.41) is 8.08. The van der Waals surface area contributed by atoms with E-state index in [2.05, 4.69) is 112 Å². The number of nitrogens with one attached hydrogen (secondary N) is 2. The highest BCUT2D eigenvalue weighted by Crippen LogP contribution is 2.32. The van der Waals surface area contributed by atoms with Crippen LogP contribution < -0.4 is 21.2 Å². The van der Waals surface area contributed by atoms with E-state index in [1.165, 1.54) is 22.8 Å². The lowest BCUT2D eigenvalue weighted by molar-refractivity contribution is -0.114. The van der Waals surface area contributed by atoms with Gasteiger partial charge in [0.2, 0.25) is 5.91 Å².